The van der Waals surface area contributed by atoms with Crippen LogP contribution < -0.4 is 0 Å². The molecular formula is C31H48Si2. The van der Waals surface area contributed by atoms with Crippen LogP contribution in [0.1, 0.15) is 80.1 Å². The Kier molecular flexibility index (Phi) is 8.53. The standard InChI is InChI=1S/C31H48Si2/c1-8-30(17-19-32(9-2,10-3)11-4,18-20-33(12-5,13-6)14-7)15-16-31-24-27-21-28(25-31)23-29(22-27)26-31/h8,27-29H,1,9-14,21-26H2,2-7H3. The van der Waals surface area contributed by atoms with E-state index in [-0.39, 0.29) is 5.41 Å². The summed E-state index contributed by atoms with van der Waals surface area (Å²) in [7, 11) is -3.15. The van der Waals surface area contributed by atoms with Crippen molar-refractivity contribution in [2.24, 2.45) is 28.6 Å². The molecular weight excluding hydrogens is 429 g/mol. The predicted octanol–water partition coefficient (Wildman–Crippen LogP) is 8.48. The predicted molar refractivity (Wildman–Crippen MR) is 151 cm³/mol. The third kappa shape index (κ3) is 5.58. The molecule has 0 saturated heterocycles. The molecule has 33 heavy (non-hydrogen) atoms. The van der Waals surface area contributed by atoms with Gasteiger partial charge in [-0.25, -0.2) is 0 Å². The molecule has 0 spiro atoms. The molecule has 4 fully saturated rings. The molecule has 180 valence electrons. The first kappa shape index (κ1) is 26.5. The first-order valence-electron chi connectivity index (χ1n) is 14.0. The van der Waals surface area contributed by atoms with E-state index in [2.05, 4.69) is 82.9 Å². The SMILES string of the molecule is C=CC(C#CC12CC3CC(CC(C3)C1)C2)(C#C[Si](CC)(CC)CC)C#C[Si](CC)(CC)CC. The van der Waals surface area contributed by atoms with Gasteiger partial charge in [0.1, 0.15) is 16.1 Å². The van der Waals surface area contributed by atoms with E-state index in [1.165, 1.54) is 74.8 Å². The minimum Gasteiger partial charge on any atom is -0.128 e. The minimum absolute atomic E-state index is 0.232. The zero-order chi connectivity index (χ0) is 24.2. The zero-order valence-electron chi connectivity index (χ0n) is 22.5. The summed E-state index contributed by atoms with van der Waals surface area (Å²) in [6, 6.07) is 7.30. The molecule has 4 saturated carbocycles. The number of allylic oxidation sites excluding steroid dienone is 1. The maximum atomic E-state index is 4.28. The third-order valence-electron chi connectivity index (χ3n) is 9.98. The van der Waals surface area contributed by atoms with E-state index in [9.17, 15) is 0 Å². The van der Waals surface area contributed by atoms with Gasteiger partial charge in [0.15, 0.2) is 5.41 Å². The summed E-state index contributed by atoms with van der Waals surface area (Å²) in [4.78, 5) is 0. The summed E-state index contributed by atoms with van der Waals surface area (Å²) in [5, 5.41) is 0. The molecule has 4 rings (SSSR count). The summed E-state index contributed by atoms with van der Waals surface area (Å²) in [5.41, 5.74) is 7.28. The van der Waals surface area contributed by atoms with Crippen molar-refractivity contribution < 1.29 is 0 Å². The van der Waals surface area contributed by atoms with Gasteiger partial charge in [-0.2, -0.15) is 0 Å². The highest BCUT2D eigenvalue weighted by Crippen LogP contribution is 2.59. The van der Waals surface area contributed by atoms with Gasteiger partial charge in [-0.3, -0.25) is 0 Å². The summed E-state index contributed by atoms with van der Waals surface area (Å²) >= 11 is 0. The highest BCUT2D eigenvalue weighted by atomic mass is 28.3. The van der Waals surface area contributed by atoms with E-state index in [4.69, 9.17) is 0 Å². The van der Waals surface area contributed by atoms with Crippen LogP contribution in [0.4, 0.5) is 0 Å². The lowest BCUT2D eigenvalue weighted by Gasteiger charge is -2.54. The molecule has 0 aromatic rings. The number of rotatable bonds is 7. The molecule has 0 heterocycles. The molecule has 4 aliphatic carbocycles. The molecule has 0 aromatic heterocycles. The number of hydrogen-bond acceptors (Lipinski definition) is 0. The van der Waals surface area contributed by atoms with Crippen LogP contribution in [0.5, 0.6) is 0 Å². The van der Waals surface area contributed by atoms with Crippen molar-refractivity contribution in [3.8, 4) is 34.8 Å². The monoisotopic (exact) mass is 476 g/mol. The Bertz CT molecular complexity index is 793. The van der Waals surface area contributed by atoms with E-state index >= 15 is 0 Å². The van der Waals surface area contributed by atoms with Crippen molar-refractivity contribution in [1.82, 2.24) is 0 Å². The highest BCUT2D eigenvalue weighted by Gasteiger charge is 2.50. The normalized spacial score (nSPS) is 28.1. The van der Waals surface area contributed by atoms with Crippen LogP contribution in [-0.4, -0.2) is 16.1 Å². The molecule has 0 atom stereocenters. The Morgan fingerprint density at radius 3 is 1.36 bits per heavy atom. The molecule has 2 heteroatoms. The van der Waals surface area contributed by atoms with E-state index in [0.717, 1.165) is 17.8 Å². The van der Waals surface area contributed by atoms with Gasteiger partial charge in [0.25, 0.3) is 0 Å². The molecule has 4 aliphatic rings. The van der Waals surface area contributed by atoms with Gasteiger partial charge >= 0.3 is 0 Å². The molecule has 0 amide bonds. The van der Waals surface area contributed by atoms with Gasteiger partial charge in [0, 0.05) is 5.41 Å². The molecule has 0 unspecified atom stereocenters. The summed E-state index contributed by atoms with van der Waals surface area (Å²) in [5.74, 6) is 17.9. The van der Waals surface area contributed by atoms with Crippen LogP contribution in [0, 0.1) is 63.4 Å². The summed E-state index contributed by atoms with van der Waals surface area (Å²) in [6.45, 7) is 18.3. The van der Waals surface area contributed by atoms with Gasteiger partial charge in [0.2, 0.25) is 0 Å². The zero-order valence-corrected chi connectivity index (χ0v) is 24.5. The fourth-order valence-electron chi connectivity index (χ4n) is 7.23. The molecule has 0 N–H and O–H groups in total. The second-order valence-electron chi connectivity index (χ2n) is 11.6. The second kappa shape index (κ2) is 10.6. The van der Waals surface area contributed by atoms with Crippen LogP contribution in [0.2, 0.25) is 36.3 Å². The maximum absolute atomic E-state index is 4.28. The van der Waals surface area contributed by atoms with Gasteiger partial charge < -0.3 is 0 Å². The van der Waals surface area contributed by atoms with Crippen molar-refractivity contribution in [2.75, 3.05) is 0 Å². The molecule has 0 aromatic carbocycles. The van der Waals surface area contributed by atoms with Crippen LogP contribution in [-0.2, 0) is 0 Å². The van der Waals surface area contributed by atoms with Crippen LogP contribution >= 0.6 is 0 Å². The lowest BCUT2D eigenvalue weighted by atomic mass is 9.50. The Morgan fingerprint density at radius 2 is 1.06 bits per heavy atom. The largest absolute Gasteiger partial charge is 0.168 e. The van der Waals surface area contributed by atoms with Crippen LogP contribution in [0.3, 0.4) is 0 Å². The first-order chi connectivity index (χ1) is 15.8. The lowest BCUT2D eigenvalue weighted by molar-refractivity contribution is -0.0182. The molecule has 0 nitrogen and oxygen atoms in total. The van der Waals surface area contributed by atoms with Crippen LogP contribution in [0.15, 0.2) is 12.7 Å². The topological polar surface area (TPSA) is 0 Å². The lowest BCUT2D eigenvalue weighted by Crippen LogP contribution is -2.45. The molecule has 0 radical (unpaired) electrons. The fourth-order valence-corrected chi connectivity index (χ4v) is 12.2. The first-order valence-corrected chi connectivity index (χ1v) is 19.3. The Labute approximate surface area is 208 Å². The average molecular weight is 477 g/mol. The van der Waals surface area contributed by atoms with Crippen molar-refractivity contribution in [1.29, 1.82) is 0 Å². The Balaban J connectivity index is 2.07. The van der Waals surface area contributed by atoms with Gasteiger partial charge in [-0.05, 0) is 98.6 Å². The van der Waals surface area contributed by atoms with E-state index in [0.29, 0.717) is 0 Å². The van der Waals surface area contributed by atoms with Crippen LogP contribution in [0.25, 0.3) is 0 Å². The van der Waals surface area contributed by atoms with Crippen molar-refractivity contribution in [3.63, 3.8) is 0 Å². The van der Waals surface area contributed by atoms with Gasteiger partial charge in [0.05, 0.1) is 0 Å². The van der Waals surface area contributed by atoms with Gasteiger partial charge in [-0.1, -0.05) is 71.8 Å². The van der Waals surface area contributed by atoms with Crippen molar-refractivity contribution in [2.45, 2.75) is 116 Å². The molecule has 4 bridgehead atoms. The minimum atomic E-state index is -1.58. The van der Waals surface area contributed by atoms with E-state index < -0.39 is 21.6 Å². The van der Waals surface area contributed by atoms with E-state index in [1.807, 2.05) is 6.08 Å². The summed E-state index contributed by atoms with van der Waals surface area (Å²) in [6.07, 6.45) is 10.3. The third-order valence-corrected chi connectivity index (χ3v) is 19.4. The Hall–Kier alpha value is -1.15. The van der Waals surface area contributed by atoms with Crippen molar-refractivity contribution >= 4 is 16.1 Å². The second-order valence-corrected chi connectivity index (χ2v) is 21.5. The Morgan fingerprint density at radius 1 is 0.697 bits per heavy atom. The highest BCUT2D eigenvalue weighted by molar-refractivity contribution is 6.87. The van der Waals surface area contributed by atoms with E-state index in [1.54, 1.807) is 0 Å². The quantitative estimate of drug-likeness (QED) is 0.196. The average Bonchev–Trinajstić information content (AvgIpc) is 2.83. The fraction of sp³-hybridized carbons (Fsp3) is 0.742. The molecule has 0 aliphatic heterocycles. The van der Waals surface area contributed by atoms with Gasteiger partial charge in [-0.15, -0.1) is 11.1 Å². The number of hydrogen-bond donors (Lipinski definition) is 0. The smallest absolute Gasteiger partial charge is 0.128 e. The summed E-state index contributed by atoms with van der Waals surface area (Å²) < 4.78 is 0. The van der Waals surface area contributed by atoms with Crippen molar-refractivity contribution in [3.05, 3.63) is 12.7 Å². The maximum Gasteiger partial charge on any atom is 0.168 e.